The van der Waals surface area contributed by atoms with E-state index in [0.717, 1.165) is 6.07 Å². The number of nitriles is 2. The second-order valence-corrected chi connectivity index (χ2v) is 21.9. The van der Waals surface area contributed by atoms with Crippen LogP contribution < -0.4 is 25.4 Å². The van der Waals surface area contributed by atoms with E-state index in [9.17, 15) is 20.1 Å². The Hall–Kier alpha value is -5.07. The Morgan fingerprint density at radius 1 is 0.753 bits per heavy atom. The molecule has 2 aliphatic rings. The lowest BCUT2D eigenvalue weighted by atomic mass is 9.49. The summed E-state index contributed by atoms with van der Waals surface area (Å²) in [5.74, 6) is -2.23. The van der Waals surface area contributed by atoms with Crippen LogP contribution in [0.1, 0.15) is 87.9 Å². The Bertz CT molecular complexity index is 2620. The van der Waals surface area contributed by atoms with Crippen LogP contribution in [0.25, 0.3) is 0 Å². The van der Waals surface area contributed by atoms with Gasteiger partial charge in [0.15, 0.2) is 0 Å². The van der Waals surface area contributed by atoms with E-state index in [1.54, 1.807) is 48.5 Å². The maximum absolute atomic E-state index is 15.9. The zero-order chi connectivity index (χ0) is 53.1. The molecule has 2 unspecified atom stereocenters. The van der Waals surface area contributed by atoms with Crippen molar-refractivity contribution in [2.45, 2.75) is 90.4 Å². The molecule has 0 radical (unpaired) electrons. The summed E-state index contributed by atoms with van der Waals surface area (Å²) in [6.45, 7) is 16.9. The fraction of sp³-hybridized carbons (Fsp3) is 0.491. The van der Waals surface area contributed by atoms with Crippen molar-refractivity contribution in [2.24, 2.45) is 16.2 Å². The molecule has 1 heterocycles. The van der Waals surface area contributed by atoms with Gasteiger partial charge >= 0.3 is 0 Å². The van der Waals surface area contributed by atoms with Crippen LogP contribution in [0, 0.1) is 50.5 Å². The van der Waals surface area contributed by atoms with Gasteiger partial charge in [-0.1, -0.05) is 101 Å². The highest BCUT2D eigenvalue weighted by molar-refractivity contribution is 6.32. The molecule has 0 aromatic heterocycles. The van der Waals surface area contributed by atoms with E-state index in [4.69, 9.17) is 63.2 Å². The highest BCUT2D eigenvalue weighted by Gasteiger charge is 2.64. The minimum Gasteiger partial charge on any atom is -0.491 e. The largest absolute Gasteiger partial charge is 0.491 e. The predicted octanol–water partition coefficient (Wildman–Crippen LogP) is 9.99. The van der Waals surface area contributed by atoms with Gasteiger partial charge in [-0.25, -0.2) is 8.78 Å². The molecule has 6 rings (SSSR count). The van der Waals surface area contributed by atoms with Gasteiger partial charge in [-0.15, -0.1) is 0 Å². The molecule has 1 saturated carbocycles. The summed E-state index contributed by atoms with van der Waals surface area (Å²) in [6.07, 6.45) is 0.137. The van der Waals surface area contributed by atoms with Crippen molar-refractivity contribution in [3.8, 4) is 23.6 Å². The Balaban J connectivity index is 0.840. The zero-order valence-corrected chi connectivity index (χ0v) is 44.5. The third kappa shape index (κ3) is 13.6. The summed E-state index contributed by atoms with van der Waals surface area (Å²) >= 11 is 18.6. The number of hydrogen-bond acceptors (Lipinski definition) is 11. The molecular weight excluding hydrogens is 1000 g/mol. The van der Waals surface area contributed by atoms with E-state index in [2.05, 4.69) is 55.8 Å². The minimum absolute atomic E-state index is 0.00462. The summed E-state index contributed by atoms with van der Waals surface area (Å²) < 4.78 is 66.4. The van der Waals surface area contributed by atoms with E-state index in [-0.39, 0.29) is 71.0 Å². The van der Waals surface area contributed by atoms with Gasteiger partial charge in [-0.3, -0.25) is 9.59 Å². The lowest BCUT2D eigenvalue weighted by Gasteiger charge is -2.63. The van der Waals surface area contributed by atoms with Gasteiger partial charge in [0.2, 0.25) is 5.91 Å². The second-order valence-electron chi connectivity index (χ2n) is 20.6. The molecule has 3 N–H and O–H groups in total. The van der Waals surface area contributed by atoms with Gasteiger partial charge in [-0.2, -0.15) is 10.5 Å². The average Bonchev–Trinajstić information content (AvgIpc) is 3.65. The van der Waals surface area contributed by atoms with Gasteiger partial charge in [0.1, 0.15) is 47.3 Å². The number of hydrogen-bond donors (Lipinski definition) is 3. The van der Waals surface area contributed by atoms with Crippen LogP contribution in [-0.2, 0) is 29.2 Å². The van der Waals surface area contributed by atoms with Gasteiger partial charge in [-0.05, 0) is 72.0 Å². The summed E-state index contributed by atoms with van der Waals surface area (Å²) in [5, 5.41) is 29.8. The molecular formula is C55H64Cl3F2N5O8. The van der Waals surface area contributed by atoms with Crippen molar-refractivity contribution in [3.63, 3.8) is 0 Å². The van der Waals surface area contributed by atoms with Crippen molar-refractivity contribution in [3.05, 3.63) is 128 Å². The molecule has 4 aromatic rings. The maximum atomic E-state index is 15.9. The van der Waals surface area contributed by atoms with Crippen molar-refractivity contribution in [1.29, 1.82) is 10.5 Å². The van der Waals surface area contributed by atoms with Gasteiger partial charge < -0.3 is 44.4 Å². The molecule has 13 nitrogen and oxygen atoms in total. The Morgan fingerprint density at radius 3 is 1.93 bits per heavy atom. The first-order valence-corrected chi connectivity index (χ1v) is 25.3. The number of halogens is 5. The van der Waals surface area contributed by atoms with E-state index in [0.29, 0.717) is 73.7 Å². The first-order chi connectivity index (χ1) is 34.6. The molecule has 2 fully saturated rings. The zero-order valence-electron chi connectivity index (χ0n) is 42.2. The quantitative estimate of drug-likeness (QED) is 0.0570. The number of carbonyl (C=O) groups is 2. The van der Waals surface area contributed by atoms with Crippen LogP contribution >= 0.6 is 34.8 Å². The fourth-order valence-electron chi connectivity index (χ4n) is 10.4. The van der Waals surface area contributed by atoms with Crippen LogP contribution in [0.5, 0.6) is 11.5 Å². The molecule has 1 saturated heterocycles. The molecule has 4 atom stereocenters. The highest BCUT2D eigenvalue weighted by Crippen LogP contribution is 2.56. The Labute approximate surface area is 442 Å². The number of carbonyl (C=O) groups excluding carboxylic acids is 2. The van der Waals surface area contributed by atoms with Gasteiger partial charge in [0, 0.05) is 57.6 Å². The summed E-state index contributed by atoms with van der Waals surface area (Å²) in [7, 11) is 0. The van der Waals surface area contributed by atoms with Crippen molar-refractivity contribution < 1.29 is 46.8 Å². The van der Waals surface area contributed by atoms with Crippen LogP contribution in [0.4, 0.5) is 8.78 Å². The molecule has 0 bridgehead atoms. The molecule has 392 valence electrons. The topological polar surface area (TPSA) is 173 Å². The summed E-state index contributed by atoms with van der Waals surface area (Å²) in [6, 6.07) is 22.7. The van der Waals surface area contributed by atoms with Crippen LogP contribution in [-0.4, -0.2) is 102 Å². The molecule has 0 spiro atoms. The average molecular weight is 1070 g/mol. The van der Waals surface area contributed by atoms with Crippen molar-refractivity contribution >= 4 is 46.6 Å². The molecule has 4 aromatic carbocycles. The number of benzene rings is 4. The van der Waals surface area contributed by atoms with Gasteiger partial charge in [0.05, 0.1) is 80.6 Å². The fourth-order valence-corrected chi connectivity index (χ4v) is 11.0. The van der Waals surface area contributed by atoms with Crippen molar-refractivity contribution in [2.75, 3.05) is 66.0 Å². The second kappa shape index (κ2) is 25.0. The summed E-state index contributed by atoms with van der Waals surface area (Å²) in [5.41, 5.74) is -1.98. The van der Waals surface area contributed by atoms with Crippen LogP contribution in [0.2, 0.25) is 15.1 Å². The number of ether oxygens (including phenoxy) is 6. The lowest BCUT2D eigenvalue weighted by molar-refractivity contribution is -0.164. The van der Waals surface area contributed by atoms with E-state index in [1.165, 1.54) is 24.3 Å². The third-order valence-electron chi connectivity index (χ3n) is 13.4. The van der Waals surface area contributed by atoms with Gasteiger partial charge in [0.25, 0.3) is 5.91 Å². The number of rotatable bonds is 24. The molecule has 18 heteroatoms. The molecule has 2 amide bonds. The Morgan fingerprint density at radius 2 is 1.36 bits per heavy atom. The summed E-state index contributed by atoms with van der Waals surface area (Å²) in [4.78, 5) is 27.3. The first kappa shape index (κ1) is 57.2. The van der Waals surface area contributed by atoms with Crippen LogP contribution in [0.3, 0.4) is 0 Å². The van der Waals surface area contributed by atoms with Crippen LogP contribution in [0.15, 0.2) is 78.9 Å². The first-order valence-electron chi connectivity index (χ1n) is 24.2. The highest BCUT2D eigenvalue weighted by atomic mass is 35.5. The SMILES string of the molecule is CC(C)(C)C[C@@H]1NC(C(=O)NCCOCCOCCOCCOCCOc2ccc(C(=O)N[C@H]3C(C)(C)[C@H](Oc4ccc(C#N)c(Cl)c4)C3(C)C)cc2)C(c2cccc(Cl)c2F)[C@@]1(C#N)c1ccc(Cl)cc1F. The molecule has 1 aliphatic heterocycles. The Kier molecular flexibility index (Phi) is 19.6. The predicted molar refractivity (Wildman–Crippen MR) is 275 cm³/mol. The standard InChI is InChI=1S/C55H64Cl3F2N5O8/c1-52(2,3)31-44-55(33-62,40-18-14-36(56)29-43(40)59)45(39-9-8-10-41(57)46(39)60)47(64-44)49(67)63-19-20-68-21-22-69-23-24-70-25-26-71-27-28-72-37-15-11-34(12-16-37)48(66)65-50-53(4,5)51(54(50,6)7)73-38-17-13-35(32-61)42(58)30-38/h8-18,29-30,44-45,47,50-51,64H,19-28,31H2,1-7H3,(H,63,67)(H,65,66)/t44-,45?,47?,50-,51-,55-/m0/s1. The number of nitrogens with zero attached hydrogens (tertiary/aromatic N) is 2. The molecule has 1 aliphatic carbocycles. The minimum atomic E-state index is -1.72. The van der Waals surface area contributed by atoms with Crippen molar-refractivity contribution in [1.82, 2.24) is 16.0 Å². The smallest absolute Gasteiger partial charge is 0.251 e. The monoisotopic (exact) mass is 1070 g/mol. The number of nitrogens with one attached hydrogen (secondary N) is 3. The number of amides is 2. The maximum Gasteiger partial charge on any atom is 0.251 e. The third-order valence-corrected chi connectivity index (χ3v) is 14.3. The van der Waals surface area contributed by atoms with E-state index >= 15 is 8.78 Å². The van der Waals surface area contributed by atoms with E-state index < -0.39 is 51.8 Å². The normalized spacial score (nSPS) is 21.9. The van der Waals surface area contributed by atoms with E-state index in [1.807, 2.05) is 20.8 Å². The lowest BCUT2D eigenvalue weighted by Crippen LogP contribution is -2.74. The molecule has 73 heavy (non-hydrogen) atoms.